The van der Waals surface area contributed by atoms with E-state index in [4.69, 9.17) is 0 Å². The van der Waals surface area contributed by atoms with Crippen molar-refractivity contribution in [1.82, 2.24) is 20.8 Å². The molecule has 1 aromatic heterocycles. The number of benzene rings is 2. The number of para-hydroxylation sites is 1. The number of carbonyl (C=O) groups is 2. The predicted molar refractivity (Wildman–Crippen MR) is 96.0 cm³/mol. The van der Waals surface area contributed by atoms with Gasteiger partial charge in [-0.05, 0) is 19.1 Å². The number of aromatic nitrogens is 2. The van der Waals surface area contributed by atoms with Crippen LogP contribution in [0.3, 0.4) is 0 Å². The summed E-state index contributed by atoms with van der Waals surface area (Å²) >= 11 is 0. The number of aromatic amines is 1. The Kier molecular flexibility index (Phi) is 5.44. The first-order valence-corrected chi connectivity index (χ1v) is 8.41. The minimum atomic E-state index is -0.721. The Labute approximate surface area is 154 Å². The van der Waals surface area contributed by atoms with Crippen LogP contribution in [0, 0.1) is 11.6 Å². The van der Waals surface area contributed by atoms with Crippen LogP contribution in [0.2, 0.25) is 0 Å². The minimum Gasteiger partial charge on any atom is -0.350 e. The Hall–Kier alpha value is -3.29. The smallest absolute Gasteiger partial charge is 0.272 e. The summed E-state index contributed by atoms with van der Waals surface area (Å²) in [4.78, 5) is 24.2. The molecule has 140 valence electrons. The van der Waals surface area contributed by atoms with E-state index in [1.807, 2.05) is 12.1 Å². The van der Waals surface area contributed by atoms with Crippen LogP contribution in [0.4, 0.5) is 8.78 Å². The van der Waals surface area contributed by atoms with Crippen molar-refractivity contribution >= 4 is 22.7 Å². The fraction of sp³-hybridized carbons (Fsp3) is 0.211. The lowest BCUT2D eigenvalue weighted by Crippen LogP contribution is -2.32. The molecule has 0 spiro atoms. The van der Waals surface area contributed by atoms with E-state index in [2.05, 4.69) is 20.8 Å². The fourth-order valence-electron chi connectivity index (χ4n) is 2.75. The fourth-order valence-corrected chi connectivity index (χ4v) is 2.75. The average molecular weight is 372 g/mol. The van der Waals surface area contributed by atoms with Crippen molar-refractivity contribution in [3.63, 3.8) is 0 Å². The summed E-state index contributed by atoms with van der Waals surface area (Å²) in [5.41, 5.74) is 1.19. The molecule has 0 saturated heterocycles. The lowest BCUT2D eigenvalue weighted by atomic mass is 10.1. The highest BCUT2D eigenvalue weighted by Crippen LogP contribution is 2.18. The maximum atomic E-state index is 13.7. The lowest BCUT2D eigenvalue weighted by Gasteiger charge is -2.15. The zero-order valence-corrected chi connectivity index (χ0v) is 14.6. The molecule has 0 aliphatic rings. The highest BCUT2D eigenvalue weighted by atomic mass is 19.1. The van der Waals surface area contributed by atoms with Crippen LogP contribution in [0.5, 0.6) is 0 Å². The van der Waals surface area contributed by atoms with Gasteiger partial charge in [-0.15, -0.1) is 0 Å². The number of carbonyl (C=O) groups excluding carboxylic acids is 2. The van der Waals surface area contributed by atoms with Gasteiger partial charge in [0.05, 0.1) is 11.6 Å². The minimum absolute atomic E-state index is 0.0151. The van der Waals surface area contributed by atoms with E-state index < -0.39 is 23.6 Å². The van der Waals surface area contributed by atoms with Crippen LogP contribution in [0.25, 0.3) is 10.9 Å². The molecular weight excluding hydrogens is 354 g/mol. The molecule has 27 heavy (non-hydrogen) atoms. The van der Waals surface area contributed by atoms with Crippen molar-refractivity contribution < 1.29 is 18.4 Å². The molecule has 2 aromatic carbocycles. The zero-order chi connectivity index (χ0) is 19.4. The number of rotatable bonds is 6. The molecule has 1 unspecified atom stereocenters. The number of halogens is 2. The van der Waals surface area contributed by atoms with Gasteiger partial charge in [-0.3, -0.25) is 14.7 Å². The van der Waals surface area contributed by atoms with Gasteiger partial charge in [0.15, 0.2) is 5.69 Å². The molecule has 0 aliphatic carbocycles. The molecule has 0 saturated carbocycles. The van der Waals surface area contributed by atoms with E-state index >= 15 is 0 Å². The molecule has 3 aromatic rings. The van der Waals surface area contributed by atoms with Crippen molar-refractivity contribution in [2.75, 3.05) is 6.54 Å². The Morgan fingerprint density at radius 1 is 1.19 bits per heavy atom. The summed E-state index contributed by atoms with van der Waals surface area (Å²) in [5.74, 6) is -2.15. The first kappa shape index (κ1) is 18.5. The molecule has 6 nitrogen and oxygen atoms in total. The Balaban J connectivity index is 1.51. The van der Waals surface area contributed by atoms with Crippen LogP contribution in [-0.4, -0.2) is 28.6 Å². The first-order chi connectivity index (χ1) is 13.0. The van der Waals surface area contributed by atoms with E-state index in [-0.39, 0.29) is 30.1 Å². The van der Waals surface area contributed by atoms with E-state index in [9.17, 15) is 18.4 Å². The average Bonchev–Trinajstić information content (AvgIpc) is 3.05. The number of fused-ring (bicyclic) bond motifs is 1. The van der Waals surface area contributed by atoms with Crippen LogP contribution in [0.1, 0.15) is 35.4 Å². The molecular formula is C19H18F2N4O2. The highest BCUT2D eigenvalue weighted by molar-refractivity contribution is 6.04. The number of nitrogens with one attached hydrogen (secondary N) is 3. The number of amides is 2. The van der Waals surface area contributed by atoms with Crippen molar-refractivity contribution in [2.24, 2.45) is 0 Å². The summed E-state index contributed by atoms with van der Waals surface area (Å²) in [6.45, 7) is 1.70. The molecule has 1 atom stereocenters. The van der Waals surface area contributed by atoms with Crippen LogP contribution < -0.4 is 10.6 Å². The van der Waals surface area contributed by atoms with Crippen molar-refractivity contribution in [1.29, 1.82) is 0 Å². The maximum absolute atomic E-state index is 13.7. The van der Waals surface area contributed by atoms with Crippen molar-refractivity contribution in [3.05, 3.63) is 65.4 Å². The van der Waals surface area contributed by atoms with E-state index in [1.54, 1.807) is 19.1 Å². The molecule has 1 heterocycles. The zero-order valence-electron chi connectivity index (χ0n) is 14.6. The molecule has 3 N–H and O–H groups in total. The van der Waals surface area contributed by atoms with Crippen molar-refractivity contribution in [3.8, 4) is 0 Å². The maximum Gasteiger partial charge on any atom is 0.272 e. The summed E-state index contributed by atoms with van der Waals surface area (Å²) in [6, 6.07) is 9.80. The van der Waals surface area contributed by atoms with Gasteiger partial charge in [-0.25, -0.2) is 8.78 Å². The second-order valence-electron chi connectivity index (χ2n) is 6.08. The number of hydrogen-bond acceptors (Lipinski definition) is 3. The molecule has 3 rings (SSSR count). The van der Waals surface area contributed by atoms with Gasteiger partial charge < -0.3 is 10.6 Å². The molecule has 0 radical (unpaired) electrons. The highest BCUT2D eigenvalue weighted by Gasteiger charge is 2.16. The Bertz CT molecular complexity index is 987. The molecule has 0 bridgehead atoms. The quantitative estimate of drug-likeness (QED) is 0.622. The normalized spacial score (nSPS) is 12.0. The predicted octanol–water partition coefficient (Wildman–Crippen LogP) is 2.84. The monoisotopic (exact) mass is 372 g/mol. The molecule has 8 heteroatoms. The Morgan fingerprint density at radius 2 is 1.96 bits per heavy atom. The SMILES string of the molecule is CC(NC(=O)CCNC(=O)c1n[nH]c2ccccc12)c1ccc(F)cc1F. The third-order valence-electron chi connectivity index (χ3n) is 4.13. The van der Waals surface area contributed by atoms with Crippen LogP contribution in [0.15, 0.2) is 42.5 Å². The van der Waals surface area contributed by atoms with E-state index in [0.29, 0.717) is 5.39 Å². The van der Waals surface area contributed by atoms with Gasteiger partial charge in [0.2, 0.25) is 5.91 Å². The van der Waals surface area contributed by atoms with E-state index in [1.165, 1.54) is 6.07 Å². The second-order valence-corrected chi connectivity index (χ2v) is 6.08. The standard InChI is InChI=1S/C19H18F2N4O2/c1-11(13-7-6-12(20)10-15(13)21)23-17(26)8-9-22-19(27)18-14-4-2-3-5-16(14)24-25-18/h2-7,10-11H,8-9H2,1H3,(H,22,27)(H,23,26)(H,24,25). The molecule has 0 aliphatic heterocycles. The third kappa shape index (κ3) is 4.28. The van der Waals surface area contributed by atoms with Gasteiger partial charge in [-0.2, -0.15) is 5.10 Å². The van der Waals surface area contributed by atoms with Gasteiger partial charge in [0.1, 0.15) is 11.6 Å². The van der Waals surface area contributed by atoms with E-state index in [0.717, 1.165) is 17.6 Å². The molecule has 0 fully saturated rings. The molecule has 2 amide bonds. The summed E-state index contributed by atoms with van der Waals surface area (Å²) in [5, 5.41) is 12.7. The lowest BCUT2D eigenvalue weighted by molar-refractivity contribution is -0.121. The summed E-state index contributed by atoms with van der Waals surface area (Å²) < 4.78 is 26.7. The largest absolute Gasteiger partial charge is 0.350 e. The third-order valence-corrected chi connectivity index (χ3v) is 4.13. The Morgan fingerprint density at radius 3 is 2.74 bits per heavy atom. The number of hydrogen-bond donors (Lipinski definition) is 3. The van der Waals surface area contributed by atoms with Gasteiger partial charge in [0.25, 0.3) is 5.91 Å². The topological polar surface area (TPSA) is 86.9 Å². The van der Waals surface area contributed by atoms with Gasteiger partial charge in [-0.1, -0.05) is 24.3 Å². The number of nitrogens with zero attached hydrogens (tertiary/aromatic N) is 1. The first-order valence-electron chi connectivity index (χ1n) is 8.41. The van der Waals surface area contributed by atoms with Crippen LogP contribution in [-0.2, 0) is 4.79 Å². The van der Waals surface area contributed by atoms with Gasteiger partial charge >= 0.3 is 0 Å². The van der Waals surface area contributed by atoms with Gasteiger partial charge in [0, 0.05) is 30.0 Å². The van der Waals surface area contributed by atoms with Crippen molar-refractivity contribution in [2.45, 2.75) is 19.4 Å². The summed E-state index contributed by atoms with van der Waals surface area (Å²) in [6.07, 6.45) is 0.0151. The second kappa shape index (κ2) is 7.94. The number of H-pyrrole nitrogens is 1. The summed E-state index contributed by atoms with van der Waals surface area (Å²) in [7, 11) is 0. The van der Waals surface area contributed by atoms with Crippen LogP contribution >= 0.6 is 0 Å².